The van der Waals surface area contributed by atoms with Crippen molar-refractivity contribution in [3.8, 4) is 0 Å². The van der Waals surface area contributed by atoms with Crippen LogP contribution in [0, 0.1) is 17.0 Å². The van der Waals surface area contributed by atoms with Crippen molar-refractivity contribution in [1.82, 2.24) is 4.31 Å². The van der Waals surface area contributed by atoms with Gasteiger partial charge in [-0.05, 0) is 38.0 Å². The Morgan fingerprint density at radius 2 is 2.00 bits per heavy atom. The quantitative estimate of drug-likeness (QED) is 0.632. The summed E-state index contributed by atoms with van der Waals surface area (Å²) in [4.78, 5) is 10.2. The molecule has 0 saturated carbocycles. The molecule has 8 heteroatoms. The minimum atomic E-state index is -3.97. The number of aryl methyl sites for hydroxylation is 1. The van der Waals surface area contributed by atoms with Crippen LogP contribution in [0.15, 0.2) is 45.7 Å². The van der Waals surface area contributed by atoms with Gasteiger partial charge in [0.05, 0.1) is 11.0 Å². The van der Waals surface area contributed by atoms with E-state index in [-0.39, 0.29) is 4.90 Å². The van der Waals surface area contributed by atoms with Gasteiger partial charge in [-0.2, -0.15) is 4.31 Å². The van der Waals surface area contributed by atoms with Gasteiger partial charge in [0.25, 0.3) is 15.7 Å². The lowest BCUT2D eigenvalue weighted by Gasteiger charge is -2.22. The summed E-state index contributed by atoms with van der Waals surface area (Å²) in [6.45, 7) is 2.11. The second-order valence-electron chi connectivity index (χ2n) is 5.45. The Hall–Kier alpha value is -2.19. The molecule has 2 heterocycles. The first-order valence-electron chi connectivity index (χ1n) is 7.23. The molecule has 0 N–H and O–H groups in total. The Kier molecular flexibility index (Phi) is 3.95. The van der Waals surface area contributed by atoms with Gasteiger partial charge < -0.3 is 4.42 Å². The summed E-state index contributed by atoms with van der Waals surface area (Å²) in [7, 11) is -3.97. The molecule has 122 valence electrons. The normalized spacial score (nSPS) is 19.1. The Bertz CT molecular complexity index is 843. The molecule has 0 unspecified atom stereocenters. The van der Waals surface area contributed by atoms with Crippen molar-refractivity contribution in [1.29, 1.82) is 0 Å². The minimum absolute atomic E-state index is 0.278. The zero-order valence-corrected chi connectivity index (χ0v) is 13.3. The molecule has 1 atom stereocenters. The molecule has 7 nitrogen and oxygen atoms in total. The van der Waals surface area contributed by atoms with Gasteiger partial charge in [-0.1, -0.05) is 12.1 Å². The van der Waals surface area contributed by atoms with E-state index < -0.39 is 26.7 Å². The van der Waals surface area contributed by atoms with E-state index in [0.29, 0.717) is 30.9 Å². The summed E-state index contributed by atoms with van der Waals surface area (Å²) in [6.07, 6.45) is 1.32. The molecule has 0 bridgehead atoms. The molecule has 1 aliphatic heterocycles. The van der Waals surface area contributed by atoms with Crippen molar-refractivity contribution < 1.29 is 17.8 Å². The number of para-hydroxylation sites is 1. The van der Waals surface area contributed by atoms with Gasteiger partial charge in [0.2, 0.25) is 0 Å². The molecule has 1 aliphatic rings. The fraction of sp³-hybridized carbons (Fsp3) is 0.333. The monoisotopic (exact) mass is 336 g/mol. The predicted molar refractivity (Wildman–Crippen MR) is 82.4 cm³/mol. The van der Waals surface area contributed by atoms with Crippen molar-refractivity contribution in [2.75, 3.05) is 6.54 Å². The standard InChI is InChI=1S/C15H16N2O5S/c1-11-8-9-14(22-11)12-6-4-10-16(12)23(20,21)15-7-3-2-5-13(15)17(18)19/h2-3,5,7-9,12H,4,6,10H2,1H3/t12-/m0/s1. The largest absolute Gasteiger partial charge is 0.465 e. The molecule has 1 aromatic heterocycles. The van der Waals surface area contributed by atoms with Gasteiger partial charge in [-0.3, -0.25) is 10.1 Å². The van der Waals surface area contributed by atoms with Gasteiger partial charge >= 0.3 is 0 Å². The van der Waals surface area contributed by atoms with Crippen molar-refractivity contribution in [3.05, 3.63) is 58.0 Å². The summed E-state index contributed by atoms with van der Waals surface area (Å²) in [6, 6.07) is 8.53. The van der Waals surface area contributed by atoms with E-state index in [1.165, 1.54) is 28.6 Å². The highest BCUT2D eigenvalue weighted by atomic mass is 32.2. The van der Waals surface area contributed by atoms with E-state index in [1.807, 2.05) is 0 Å². The highest BCUT2D eigenvalue weighted by Gasteiger charge is 2.40. The van der Waals surface area contributed by atoms with Gasteiger partial charge in [0, 0.05) is 12.6 Å². The smallest absolute Gasteiger partial charge is 0.289 e. The molecular formula is C15H16N2O5S. The van der Waals surface area contributed by atoms with Crippen molar-refractivity contribution in [2.45, 2.75) is 30.7 Å². The lowest BCUT2D eigenvalue weighted by atomic mass is 10.2. The number of hydrogen-bond donors (Lipinski definition) is 0. The Morgan fingerprint density at radius 3 is 2.65 bits per heavy atom. The Balaban J connectivity index is 2.04. The van der Waals surface area contributed by atoms with E-state index in [0.717, 1.165) is 0 Å². The summed E-state index contributed by atoms with van der Waals surface area (Å²) >= 11 is 0. The van der Waals surface area contributed by atoms with Crippen LogP contribution in [0.25, 0.3) is 0 Å². The van der Waals surface area contributed by atoms with E-state index in [1.54, 1.807) is 19.1 Å². The zero-order valence-electron chi connectivity index (χ0n) is 12.5. The first-order valence-corrected chi connectivity index (χ1v) is 8.67. The third kappa shape index (κ3) is 2.75. The number of benzene rings is 1. The summed E-state index contributed by atoms with van der Waals surface area (Å²) < 4.78 is 32.7. The summed E-state index contributed by atoms with van der Waals surface area (Å²) in [5.74, 6) is 1.28. The maximum absolute atomic E-state index is 12.9. The predicted octanol–water partition coefficient (Wildman–Crippen LogP) is 3.02. The van der Waals surface area contributed by atoms with Crippen LogP contribution in [0.1, 0.15) is 30.4 Å². The van der Waals surface area contributed by atoms with Crippen molar-refractivity contribution >= 4 is 15.7 Å². The van der Waals surface area contributed by atoms with Crippen molar-refractivity contribution in [3.63, 3.8) is 0 Å². The highest BCUT2D eigenvalue weighted by Crippen LogP contribution is 2.39. The number of furan rings is 1. The first kappa shape index (κ1) is 15.7. The lowest BCUT2D eigenvalue weighted by Crippen LogP contribution is -2.31. The Morgan fingerprint density at radius 1 is 1.26 bits per heavy atom. The number of hydrogen-bond acceptors (Lipinski definition) is 5. The maximum atomic E-state index is 12.9. The van der Waals surface area contributed by atoms with Crippen LogP contribution in [0.3, 0.4) is 0 Å². The van der Waals surface area contributed by atoms with Crippen LogP contribution in [0.2, 0.25) is 0 Å². The van der Waals surface area contributed by atoms with Gasteiger partial charge in [0.15, 0.2) is 4.90 Å². The average molecular weight is 336 g/mol. The number of nitrogens with zero attached hydrogens (tertiary/aromatic N) is 2. The molecule has 3 rings (SSSR count). The summed E-state index contributed by atoms with van der Waals surface area (Å²) in [5, 5.41) is 11.1. The highest BCUT2D eigenvalue weighted by molar-refractivity contribution is 7.89. The molecule has 2 aromatic rings. The van der Waals surface area contributed by atoms with Crippen LogP contribution >= 0.6 is 0 Å². The van der Waals surface area contributed by atoms with Crippen molar-refractivity contribution in [2.24, 2.45) is 0 Å². The van der Waals surface area contributed by atoms with E-state index in [9.17, 15) is 18.5 Å². The van der Waals surface area contributed by atoms with Gasteiger partial charge in [0.1, 0.15) is 11.5 Å². The molecule has 23 heavy (non-hydrogen) atoms. The topological polar surface area (TPSA) is 93.7 Å². The summed E-state index contributed by atoms with van der Waals surface area (Å²) in [5.41, 5.74) is -0.409. The number of nitro groups is 1. The van der Waals surface area contributed by atoms with E-state index in [4.69, 9.17) is 4.42 Å². The van der Waals surface area contributed by atoms with E-state index >= 15 is 0 Å². The van der Waals surface area contributed by atoms with Crippen LogP contribution in [-0.2, 0) is 10.0 Å². The van der Waals surface area contributed by atoms with Crippen LogP contribution in [0.4, 0.5) is 5.69 Å². The maximum Gasteiger partial charge on any atom is 0.289 e. The van der Waals surface area contributed by atoms with Gasteiger partial charge in [-0.15, -0.1) is 0 Å². The van der Waals surface area contributed by atoms with Crippen LogP contribution < -0.4 is 0 Å². The lowest BCUT2D eigenvalue weighted by molar-refractivity contribution is -0.387. The molecule has 1 fully saturated rings. The second-order valence-corrected chi connectivity index (χ2v) is 7.31. The average Bonchev–Trinajstić information content (AvgIpc) is 3.15. The fourth-order valence-corrected chi connectivity index (χ4v) is 4.72. The molecular weight excluding hydrogens is 320 g/mol. The zero-order chi connectivity index (χ0) is 16.6. The Labute approximate surface area is 133 Å². The van der Waals surface area contributed by atoms with Crippen LogP contribution in [-0.4, -0.2) is 24.2 Å². The van der Waals surface area contributed by atoms with Crippen LogP contribution in [0.5, 0.6) is 0 Å². The first-order chi connectivity index (χ1) is 10.9. The molecule has 1 saturated heterocycles. The SMILES string of the molecule is Cc1ccc([C@@H]2CCCN2S(=O)(=O)c2ccccc2[N+](=O)[O-])o1. The van der Waals surface area contributed by atoms with Gasteiger partial charge in [-0.25, -0.2) is 8.42 Å². The molecule has 0 aliphatic carbocycles. The molecule has 0 spiro atoms. The number of sulfonamides is 1. The number of nitro benzene ring substituents is 1. The molecule has 1 aromatic carbocycles. The molecule has 0 amide bonds. The fourth-order valence-electron chi connectivity index (χ4n) is 2.90. The second kappa shape index (κ2) is 5.78. The third-order valence-corrected chi connectivity index (χ3v) is 5.90. The van der Waals surface area contributed by atoms with E-state index in [2.05, 4.69) is 0 Å². The number of rotatable bonds is 4. The molecule has 0 radical (unpaired) electrons. The minimum Gasteiger partial charge on any atom is -0.465 e. The third-order valence-electron chi connectivity index (χ3n) is 3.94.